The second-order valence-electron chi connectivity index (χ2n) is 6.75. The lowest BCUT2D eigenvalue weighted by Crippen LogP contribution is -2.19. The van der Waals surface area contributed by atoms with Crippen LogP contribution >= 0.6 is 34.6 Å². The predicted molar refractivity (Wildman–Crippen MR) is 116 cm³/mol. The van der Waals surface area contributed by atoms with E-state index in [0.717, 1.165) is 17.7 Å². The zero-order valence-corrected chi connectivity index (χ0v) is 18.5. The molecule has 2 rings (SSSR count). The number of alkyl halides is 2. The van der Waals surface area contributed by atoms with Crippen molar-refractivity contribution < 1.29 is 16.9 Å². The van der Waals surface area contributed by atoms with E-state index in [2.05, 4.69) is 26.0 Å². The molecule has 3 nitrogen and oxygen atoms in total. The number of benzene rings is 2. The molecule has 2 aromatic rings. The Bertz CT molecular complexity index is 677. The van der Waals surface area contributed by atoms with Crippen LogP contribution in [0.25, 0.3) is 0 Å². The van der Waals surface area contributed by atoms with Gasteiger partial charge in [0.05, 0.1) is 13.2 Å². The minimum Gasteiger partial charge on any atom is -0.494 e. The Kier molecular flexibility index (Phi) is 9.12. The number of rotatable bonds is 11. The van der Waals surface area contributed by atoms with E-state index in [4.69, 9.17) is 24.1 Å². The van der Waals surface area contributed by atoms with Crippen LogP contribution in [0, 0.1) is 0 Å². The highest BCUT2D eigenvalue weighted by Gasteiger charge is 2.23. The standard InChI is InChI=1S/C21H25ClFIO3/c1-21(2,16-4-8-19(9-5-16)25-13-3-12-22)17-6-10-20(11-7-17)26-14-18(23)15-27-24/h4-11,18H,3,12-15H2,1-2H3/t18-/m1/s1. The Morgan fingerprint density at radius 1 is 0.926 bits per heavy atom. The van der Waals surface area contributed by atoms with Gasteiger partial charge in [0.2, 0.25) is 0 Å². The number of ether oxygens (including phenoxy) is 2. The summed E-state index contributed by atoms with van der Waals surface area (Å²) < 4.78 is 29.3. The van der Waals surface area contributed by atoms with Crippen LogP contribution in [0.1, 0.15) is 31.4 Å². The molecule has 0 N–H and O–H groups in total. The van der Waals surface area contributed by atoms with Gasteiger partial charge < -0.3 is 12.5 Å². The summed E-state index contributed by atoms with van der Waals surface area (Å²) >= 11 is 7.34. The molecule has 0 heterocycles. The van der Waals surface area contributed by atoms with E-state index >= 15 is 0 Å². The van der Waals surface area contributed by atoms with Crippen LogP contribution < -0.4 is 9.47 Å². The highest BCUT2D eigenvalue weighted by atomic mass is 127. The smallest absolute Gasteiger partial charge is 0.158 e. The Hall–Kier alpha value is -1.05. The summed E-state index contributed by atoms with van der Waals surface area (Å²) in [5.41, 5.74) is 2.16. The van der Waals surface area contributed by atoms with E-state index in [1.54, 1.807) is 23.0 Å². The van der Waals surface area contributed by atoms with Crippen molar-refractivity contribution in [3.8, 4) is 11.5 Å². The third kappa shape index (κ3) is 6.80. The van der Waals surface area contributed by atoms with Crippen LogP contribution in [-0.4, -0.2) is 31.9 Å². The summed E-state index contributed by atoms with van der Waals surface area (Å²) in [4.78, 5) is 0. The molecule has 2 aromatic carbocycles. The van der Waals surface area contributed by atoms with Crippen LogP contribution in [0.2, 0.25) is 0 Å². The lowest BCUT2D eigenvalue weighted by molar-refractivity contribution is 0.156. The Morgan fingerprint density at radius 3 is 1.93 bits per heavy atom. The van der Waals surface area contributed by atoms with Gasteiger partial charge in [-0.15, -0.1) is 11.6 Å². The first-order chi connectivity index (χ1) is 13.0. The Balaban J connectivity index is 2.00. The second-order valence-corrected chi connectivity index (χ2v) is 7.75. The molecule has 0 aromatic heterocycles. The van der Waals surface area contributed by atoms with Gasteiger partial charge in [0.15, 0.2) is 6.17 Å². The zero-order chi connectivity index (χ0) is 19.7. The molecule has 6 heteroatoms. The lowest BCUT2D eigenvalue weighted by Gasteiger charge is -2.26. The van der Waals surface area contributed by atoms with Crippen LogP contribution in [-0.2, 0) is 8.48 Å². The molecule has 0 radical (unpaired) electrons. The van der Waals surface area contributed by atoms with E-state index in [1.807, 2.05) is 36.4 Å². The molecule has 1 atom stereocenters. The maximum Gasteiger partial charge on any atom is 0.158 e. The first kappa shape index (κ1) is 22.2. The second kappa shape index (κ2) is 11.1. The average Bonchev–Trinajstić information content (AvgIpc) is 2.67. The van der Waals surface area contributed by atoms with Crippen molar-refractivity contribution >= 4 is 34.6 Å². The molecular weight excluding hydrogens is 482 g/mol. The van der Waals surface area contributed by atoms with Crippen LogP contribution in [0.15, 0.2) is 48.5 Å². The summed E-state index contributed by atoms with van der Waals surface area (Å²) in [5.74, 6) is 2.09. The Labute approximate surface area is 179 Å². The SMILES string of the molecule is CC(C)(c1ccc(OCCCCl)cc1)c1ccc(OC[C@@H](F)COI)cc1. The van der Waals surface area contributed by atoms with E-state index < -0.39 is 6.17 Å². The van der Waals surface area contributed by atoms with Gasteiger partial charge in [-0.25, -0.2) is 4.39 Å². The van der Waals surface area contributed by atoms with Gasteiger partial charge in [-0.2, -0.15) is 0 Å². The Morgan fingerprint density at radius 2 is 1.44 bits per heavy atom. The summed E-state index contributed by atoms with van der Waals surface area (Å²) in [6, 6.07) is 15.9. The largest absolute Gasteiger partial charge is 0.494 e. The average molecular weight is 507 g/mol. The van der Waals surface area contributed by atoms with E-state index in [9.17, 15) is 4.39 Å². The quantitative estimate of drug-likeness (QED) is 0.209. The fourth-order valence-corrected chi connectivity index (χ4v) is 3.15. The molecule has 0 aliphatic rings. The summed E-state index contributed by atoms with van der Waals surface area (Å²) in [5, 5.41) is 0. The van der Waals surface area contributed by atoms with Gasteiger partial charge in [0.1, 0.15) is 41.1 Å². The molecule has 0 aliphatic heterocycles. The van der Waals surface area contributed by atoms with Crippen molar-refractivity contribution in [2.24, 2.45) is 0 Å². The molecule has 0 saturated carbocycles. The molecule has 27 heavy (non-hydrogen) atoms. The molecule has 148 valence electrons. The van der Waals surface area contributed by atoms with Crippen molar-refractivity contribution in [2.75, 3.05) is 25.7 Å². The van der Waals surface area contributed by atoms with E-state index in [1.165, 1.54) is 5.56 Å². The minimum absolute atomic E-state index is 0.0169. The third-order valence-corrected chi connectivity index (χ3v) is 5.00. The van der Waals surface area contributed by atoms with Gasteiger partial charge in [0.25, 0.3) is 0 Å². The van der Waals surface area contributed by atoms with Crippen LogP contribution in [0.5, 0.6) is 11.5 Å². The molecular formula is C21H25ClFIO3. The summed E-state index contributed by atoms with van der Waals surface area (Å²) in [6.45, 7) is 4.97. The van der Waals surface area contributed by atoms with Crippen LogP contribution in [0.4, 0.5) is 4.39 Å². The first-order valence-corrected chi connectivity index (χ1v) is 10.3. The van der Waals surface area contributed by atoms with Crippen molar-refractivity contribution in [3.05, 3.63) is 59.7 Å². The first-order valence-electron chi connectivity index (χ1n) is 8.87. The zero-order valence-electron chi connectivity index (χ0n) is 15.6. The van der Waals surface area contributed by atoms with Crippen molar-refractivity contribution in [1.82, 2.24) is 0 Å². The number of hydrogen-bond acceptors (Lipinski definition) is 3. The van der Waals surface area contributed by atoms with Gasteiger partial charge >= 0.3 is 0 Å². The molecule has 0 aliphatic carbocycles. The number of halogens is 3. The topological polar surface area (TPSA) is 27.7 Å². The van der Waals surface area contributed by atoms with Crippen molar-refractivity contribution in [2.45, 2.75) is 31.9 Å². The van der Waals surface area contributed by atoms with E-state index in [-0.39, 0.29) is 18.6 Å². The summed E-state index contributed by atoms with van der Waals surface area (Å²) in [7, 11) is 0. The van der Waals surface area contributed by atoms with Gasteiger partial charge in [0, 0.05) is 11.3 Å². The maximum absolute atomic E-state index is 13.4. The minimum atomic E-state index is -1.14. The summed E-state index contributed by atoms with van der Waals surface area (Å²) in [6.07, 6.45) is -0.305. The molecule has 0 unspecified atom stereocenters. The predicted octanol–water partition coefficient (Wildman–Crippen LogP) is 6.10. The van der Waals surface area contributed by atoms with Gasteiger partial charge in [-0.3, -0.25) is 0 Å². The third-order valence-electron chi connectivity index (χ3n) is 4.37. The van der Waals surface area contributed by atoms with Crippen molar-refractivity contribution in [1.29, 1.82) is 0 Å². The van der Waals surface area contributed by atoms with Crippen LogP contribution in [0.3, 0.4) is 0 Å². The monoisotopic (exact) mass is 506 g/mol. The number of hydrogen-bond donors (Lipinski definition) is 0. The molecule has 0 fully saturated rings. The maximum atomic E-state index is 13.4. The van der Waals surface area contributed by atoms with E-state index in [0.29, 0.717) is 18.2 Å². The van der Waals surface area contributed by atoms with Gasteiger partial charge in [-0.05, 0) is 41.8 Å². The molecule has 0 bridgehead atoms. The molecule has 0 saturated heterocycles. The highest BCUT2D eigenvalue weighted by molar-refractivity contribution is 14.1. The lowest BCUT2D eigenvalue weighted by atomic mass is 9.78. The van der Waals surface area contributed by atoms with Gasteiger partial charge in [-0.1, -0.05) is 38.1 Å². The normalized spacial score (nSPS) is 12.6. The fourth-order valence-electron chi connectivity index (χ4n) is 2.65. The van der Waals surface area contributed by atoms with Crippen molar-refractivity contribution in [3.63, 3.8) is 0 Å². The fraction of sp³-hybridized carbons (Fsp3) is 0.429. The molecule has 0 spiro atoms. The highest BCUT2D eigenvalue weighted by Crippen LogP contribution is 2.33. The molecule has 0 amide bonds.